The van der Waals surface area contributed by atoms with Gasteiger partial charge in [0.05, 0.1) is 0 Å². The number of aromatic nitrogens is 1. The van der Waals surface area contributed by atoms with E-state index in [0.717, 1.165) is 0 Å². The van der Waals surface area contributed by atoms with Gasteiger partial charge >= 0.3 is 0 Å². The van der Waals surface area contributed by atoms with E-state index in [4.69, 9.17) is 5.73 Å². The average Bonchev–Trinajstić information content (AvgIpc) is 2.05. The molecule has 0 aromatic carbocycles. The number of nitrogens with zero attached hydrogens (tertiary/aromatic N) is 1. The van der Waals surface area contributed by atoms with Gasteiger partial charge in [0, 0.05) is 12.4 Å². The highest BCUT2D eigenvalue weighted by molar-refractivity contribution is 5.14. The molecule has 0 unspecified atom stereocenters. The molecule has 0 saturated carbocycles. The summed E-state index contributed by atoms with van der Waals surface area (Å²) < 4.78 is 0. The summed E-state index contributed by atoms with van der Waals surface area (Å²) in [7, 11) is 0. The normalized spacial score (nSPS) is 13.0. The molecule has 2 N–H and O–H groups in total. The summed E-state index contributed by atoms with van der Waals surface area (Å²) in [4.78, 5) is 3.92. The summed E-state index contributed by atoms with van der Waals surface area (Å²) >= 11 is 0. The molecule has 0 aliphatic carbocycles. The van der Waals surface area contributed by atoms with Crippen LogP contribution in [-0.4, -0.2) is 11.5 Å². The molecule has 0 saturated heterocycles. The van der Waals surface area contributed by atoms with Crippen molar-refractivity contribution in [3.63, 3.8) is 0 Å². The second-order valence-corrected chi connectivity index (χ2v) is 2.42. The Kier molecular flexibility index (Phi) is 2.40. The van der Waals surface area contributed by atoms with E-state index in [-0.39, 0.29) is 0 Å². The van der Waals surface area contributed by atoms with Crippen LogP contribution in [0, 0.1) is 0 Å². The maximum absolute atomic E-state index is 5.48. The van der Waals surface area contributed by atoms with Gasteiger partial charge in [0.1, 0.15) is 0 Å². The Labute approximate surface area is 61.1 Å². The second kappa shape index (κ2) is 3.32. The molecule has 2 nitrogen and oxygen atoms in total. The lowest BCUT2D eigenvalue weighted by Gasteiger charge is -2.06. The van der Waals surface area contributed by atoms with E-state index >= 15 is 0 Å². The lowest BCUT2D eigenvalue weighted by Crippen LogP contribution is -2.08. The molecule has 0 bridgehead atoms. The molecule has 1 atom stereocenters. The predicted octanol–water partition coefficient (Wildman–Crippen LogP) is 1.14. The van der Waals surface area contributed by atoms with Crippen LogP contribution in [0.4, 0.5) is 0 Å². The molecule has 0 aliphatic rings. The Balaban J connectivity index is 2.75. The van der Waals surface area contributed by atoms with Gasteiger partial charge in [-0.3, -0.25) is 4.98 Å². The third-order valence-electron chi connectivity index (χ3n) is 1.63. The first-order valence-electron chi connectivity index (χ1n) is 3.44. The third kappa shape index (κ3) is 1.54. The smallest absolute Gasteiger partial charge is 0.0270 e. The first-order valence-corrected chi connectivity index (χ1v) is 3.44. The third-order valence-corrected chi connectivity index (χ3v) is 1.63. The van der Waals surface area contributed by atoms with Crippen LogP contribution in [0.2, 0.25) is 0 Å². The number of pyridine rings is 1. The molecule has 1 heterocycles. The van der Waals surface area contributed by atoms with E-state index in [0.29, 0.717) is 12.5 Å². The van der Waals surface area contributed by atoms with Crippen molar-refractivity contribution in [2.45, 2.75) is 12.8 Å². The summed E-state index contributed by atoms with van der Waals surface area (Å²) in [6.07, 6.45) is 3.59. The molecular formula is C8H12N2. The predicted molar refractivity (Wildman–Crippen MR) is 41.7 cm³/mol. The maximum Gasteiger partial charge on any atom is 0.0270 e. The van der Waals surface area contributed by atoms with Gasteiger partial charge in [0.2, 0.25) is 0 Å². The molecule has 1 aromatic rings. The minimum absolute atomic E-state index is 0.447. The van der Waals surface area contributed by atoms with Gasteiger partial charge in [-0.05, 0) is 30.2 Å². The zero-order valence-electron chi connectivity index (χ0n) is 6.12. The van der Waals surface area contributed by atoms with Crippen molar-refractivity contribution >= 4 is 0 Å². The maximum atomic E-state index is 5.48. The summed E-state index contributed by atoms with van der Waals surface area (Å²) in [6, 6.07) is 4.00. The zero-order valence-corrected chi connectivity index (χ0v) is 6.12. The van der Waals surface area contributed by atoms with Crippen molar-refractivity contribution in [2.24, 2.45) is 5.73 Å². The van der Waals surface area contributed by atoms with Crippen LogP contribution >= 0.6 is 0 Å². The van der Waals surface area contributed by atoms with Gasteiger partial charge in [-0.2, -0.15) is 0 Å². The number of rotatable bonds is 2. The minimum Gasteiger partial charge on any atom is -0.330 e. The highest BCUT2D eigenvalue weighted by atomic mass is 14.6. The number of nitrogens with two attached hydrogens (primary N) is 1. The SMILES string of the molecule is C[C@@H](CN)c1ccncc1. The molecular weight excluding hydrogens is 124 g/mol. The Hall–Kier alpha value is -0.890. The highest BCUT2D eigenvalue weighted by Crippen LogP contribution is 2.10. The van der Waals surface area contributed by atoms with Crippen LogP contribution in [0.15, 0.2) is 24.5 Å². The Morgan fingerprint density at radius 3 is 2.60 bits per heavy atom. The molecule has 0 radical (unpaired) electrons. The van der Waals surface area contributed by atoms with Crippen molar-refractivity contribution in [1.29, 1.82) is 0 Å². The Morgan fingerprint density at radius 2 is 2.10 bits per heavy atom. The van der Waals surface area contributed by atoms with E-state index in [9.17, 15) is 0 Å². The number of hydrogen-bond acceptors (Lipinski definition) is 2. The summed E-state index contributed by atoms with van der Waals surface area (Å²) in [6.45, 7) is 2.80. The van der Waals surface area contributed by atoms with Gasteiger partial charge < -0.3 is 5.73 Å². The average molecular weight is 136 g/mol. The molecule has 0 aliphatic heterocycles. The van der Waals surface area contributed by atoms with Gasteiger partial charge in [-0.15, -0.1) is 0 Å². The summed E-state index contributed by atoms with van der Waals surface area (Å²) in [5, 5.41) is 0. The topological polar surface area (TPSA) is 38.9 Å². The highest BCUT2D eigenvalue weighted by Gasteiger charge is 1.99. The summed E-state index contributed by atoms with van der Waals surface area (Å²) in [5.41, 5.74) is 6.75. The van der Waals surface area contributed by atoms with Crippen molar-refractivity contribution in [3.8, 4) is 0 Å². The quantitative estimate of drug-likeness (QED) is 0.662. The standard InChI is InChI=1S/C8H12N2/c1-7(6-9)8-2-4-10-5-3-8/h2-5,7H,6,9H2,1H3/t7-/m0/s1. The fraction of sp³-hybridized carbons (Fsp3) is 0.375. The van der Waals surface area contributed by atoms with Crippen LogP contribution in [-0.2, 0) is 0 Å². The van der Waals surface area contributed by atoms with E-state index in [1.54, 1.807) is 12.4 Å². The summed E-state index contributed by atoms with van der Waals surface area (Å²) in [5.74, 6) is 0.447. The van der Waals surface area contributed by atoms with Crippen LogP contribution in [0.3, 0.4) is 0 Å². The fourth-order valence-corrected chi connectivity index (χ4v) is 0.828. The molecule has 54 valence electrons. The van der Waals surface area contributed by atoms with Gasteiger partial charge in [0.15, 0.2) is 0 Å². The zero-order chi connectivity index (χ0) is 7.40. The van der Waals surface area contributed by atoms with Gasteiger partial charge in [0.25, 0.3) is 0 Å². The van der Waals surface area contributed by atoms with E-state index in [1.807, 2.05) is 12.1 Å². The fourth-order valence-electron chi connectivity index (χ4n) is 0.828. The van der Waals surface area contributed by atoms with E-state index in [1.165, 1.54) is 5.56 Å². The van der Waals surface area contributed by atoms with E-state index < -0.39 is 0 Å². The second-order valence-electron chi connectivity index (χ2n) is 2.42. The van der Waals surface area contributed by atoms with Crippen molar-refractivity contribution in [1.82, 2.24) is 4.98 Å². The molecule has 0 amide bonds. The lowest BCUT2D eigenvalue weighted by molar-refractivity contribution is 0.772. The van der Waals surface area contributed by atoms with Crippen molar-refractivity contribution in [2.75, 3.05) is 6.54 Å². The Bertz CT molecular complexity index is 184. The molecule has 0 fully saturated rings. The van der Waals surface area contributed by atoms with E-state index in [2.05, 4.69) is 11.9 Å². The van der Waals surface area contributed by atoms with Crippen LogP contribution in [0.25, 0.3) is 0 Å². The number of hydrogen-bond donors (Lipinski definition) is 1. The van der Waals surface area contributed by atoms with Gasteiger partial charge in [-0.25, -0.2) is 0 Å². The van der Waals surface area contributed by atoms with Crippen LogP contribution in [0.1, 0.15) is 18.4 Å². The van der Waals surface area contributed by atoms with Gasteiger partial charge in [-0.1, -0.05) is 6.92 Å². The molecule has 1 aromatic heterocycles. The first kappa shape index (κ1) is 7.22. The minimum atomic E-state index is 0.447. The molecule has 1 rings (SSSR count). The lowest BCUT2D eigenvalue weighted by atomic mass is 10.0. The molecule has 2 heteroatoms. The largest absolute Gasteiger partial charge is 0.330 e. The Morgan fingerprint density at radius 1 is 1.50 bits per heavy atom. The molecule has 10 heavy (non-hydrogen) atoms. The van der Waals surface area contributed by atoms with Crippen molar-refractivity contribution in [3.05, 3.63) is 30.1 Å². The van der Waals surface area contributed by atoms with Crippen LogP contribution < -0.4 is 5.73 Å². The first-order chi connectivity index (χ1) is 4.84. The molecule has 0 spiro atoms. The van der Waals surface area contributed by atoms with Crippen LogP contribution in [0.5, 0.6) is 0 Å². The monoisotopic (exact) mass is 136 g/mol. The van der Waals surface area contributed by atoms with Crippen molar-refractivity contribution < 1.29 is 0 Å².